The molecule has 14 heavy (non-hydrogen) atoms. The van der Waals surface area contributed by atoms with E-state index < -0.39 is 0 Å². The Balaban J connectivity index is 0.000000980. The van der Waals surface area contributed by atoms with Crippen LogP contribution in [0.3, 0.4) is 0 Å². The van der Waals surface area contributed by atoms with E-state index in [2.05, 4.69) is 4.98 Å². The highest BCUT2D eigenvalue weighted by Crippen LogP contribution is 2.15. The number of hydrogen-bond donors (Lipinski definition) is 2. The van der Waals surface area contributed by atoms with Crippen LogP contribution >= 0.6 is 12.4 Å². The molecule has 0 aliphatic rings. The van der Waals surface area contributed by atoms with Crippen LogP contribution < -0.4 is 5.73 Å². The van der Waals surface area contributed by atoms with Crippen LogP contribution in [0.5, 0.6) is 0 Å². The Kier molecular flexibility index (Phi) is 3.04. The molecule has 4 heteroatoms. The van der Waals surface area contributed by atoms with E-state index in [1.807, 2.05) is 30.3 Å². The number of nitrogens with one attached hydrogen (secondary N) is 1. The van der Waals surface area contributed by atoms with Crippen LogP contribution in [-0.2, 0) is 0 Å². The second-order valence-corrected chi connectivity index (χ2v) is 2.79. The minimum absolute atomic E-state index is 0. The molecule has 1 heterocycles. The van der Waals surface area contributed by atoms with E-state index in [1.165, 1.54) is 0 Å². The van der Waals surface area contributed by atoms with Crippen LogP contribution in [-0.4, -0.2) is 10.8 Å². The molecule has 72 valence electrons. The zero-order valence-electron chi connectivity index (χ0n) is 7.40. The average Bonchev–Trinajstić information content (AvgIpc) is 2.17. The summed E-state index contributed by atoms with van der Waals surface area (Å²) in [4.78, 5) is 4.17. The highest BCUT2D eigenvalue weighted by atomic mass is 35.5. The van der Waals surface area contributed by atoms with Crippen molar-refractivity contribution < 1.29 is 0 Å². The minimum atomic E-state index is 0. The van der Waals surface area contributed by atoms with Gasteiger partial charge in [-0.1, -0.05) is 18.2 Å². The molecule has 0 radical (unpaired) electrons. The quantitative estimate of drug-likeness (QED) is 0.555. The van der Waals surface area contributed by atoms with Gasteiger partial charge in [0.15, 0.2) is 0 Å². The molecule has 0 saturated carbocycles. The van der Waals surface area contributed by atoms with Crippen molar-refractivity contribution in [2.75, 3.05) is 0 Å². The van der Waals surface area contributed by atoms with Gasteiger partial charge in [0.2, 0.25) is 0 Å². The van der Waals surface area contributed by atoms with E-state index in [0.29, 0.717) is 0 Å². The largest absolute Gasteiger partial charge is 0.384 e. The maximum absolute atomic E-state index is 7.37. The number of benzene rings is 1. The fourth-order valence-corrected chi connectivity index (χ4v) is 1.34. The number of fused-ring (bicyclic) bond motifs is 1. The lowest BCUT2D eigenvalue weighted by atomic mass is 10.1. The summed E-state index contributed by atoms with van der Waals surface area (Å²) in [5.41, 5.74) is 7.05. The first kappa shape index (κ1) is 10.5. The number of nitrogen functional groups attached to an aromatic ring is 1. The van der Waals surface area contributed by atoms with Crippen LogP contribution in [0.25, 0.3) is 10.9 Å². The van der Waals surface area contributed by atoms with Crippen molar-refractivity contribution in [2.24, 2.45) is 5.73 Å². The number of amidine groups is 1. The number of nitrogens with two attached hydrogens (primary N) is 1. The lowest BCUT2D eigenvalue weighted by molar-refractivity contribution is 1.39. The van der Waals surface area contributed by atoms with E-state index in [9.17, 15) is 0 Å². The molecule has 0 aliphatic carbocycles. The van der Waals surface area contributed by atoms with Gasteiger partial charge in [0.1, 0.15) is 5.84 Å². The summed E-state index contributed by atoms with van der Waals surface area (Å²) in [5.74, 6) is 0.0820. The van der Waals surface area contributed by atoms with Gasteiger partial charge in [-0.25, -0.2) is 0 Å². The monoisotopic (exact) mass is 207 g/mol. The molecule has 1 aromatic heterocycles. The number of halogens is 1. The Bertz CT molecular complexity index is 462. The summed E-state index contributed by atoms with van der Waals surface area (Å²) in [5, 5.41) is 8.30. The van der Waals surface area contributed by atoms with Crippen molar-refractivity contribution in [2.45, 2.75) is 0 Å². The van der Waals surface area contributed by atoms with Crippen molar-refractivity contribution in [3.8, 4) is 0 Å². The third-order valence-electron chi connectivity index (χ3n) is 1.94. The molecule has 0 amide bonds. The van der Waals surface area contributed by atoms with Crippen LogP contribution in [0.1, 0.15) is 5.56 Å². The zero-order valence-corrected chi connectivity index (χ0v) is 8.21. The fourth-order valence-electron chi connectivity index (χ4n) is 1.34. The minimum Gasteiger partial charge on any atom is -0.384 e. The van der Waals surface area contributed by atoms with E-state index in [0.717, 1.165) is 16.5 Å². The Morgan fingerprint density at radius 1 is 1.21 bits per heavy atom. The van der Waals surface area contributed by atoms with E-state index in [-0.39, 0.29) is 18.2 Å². The maximum Gasteiger partial charge on any atom is 0.123 e. The normalized spacial score (nSPS) is 9.43. The van der Waals surface area contributed by atoms with E-state index in [1.54, 1.807) is 6.20 Å². The lowest BCUT2D eigenvalue weighted by Gasteiger charge is -2.02. The number of rotatable bonds is 1. The number of aromatic nitrogens is 1. The number of hydrogen-bond acceptors (Lipinski definition) is 2. The summed E-state index contributed by atoms with van der Waals surface area (Å²) >= 11 is 0. The van der Waals surface area contributed by atoms with Crippen LogP contribution in [0.2, 0.25) is 0 Å². The molecular weight excluding hydrogens is 198 g/mol. The number of nitrogens with zero attached hydrogens (tertiary/aromatic N) is 1. The number of pyridine rings is 1. The smallest absolute Gasteiger partial charge is 0.123 e. The van der Waals surface area contributed by atoms with Gasteiger partial charge in [0.05, 0.1) is 5.52 Å². The van der Waals surface area contributed by atoms with Gasteiger partial charge in [-0.15, -0.1) is 12.4 Å². The lowest BCUT2D eigenvalue weighted by Crippen LogP contribution is -2.11. The van der Waals surface area contributed by atoms with Gasteiger partial charge in [-0.2, -0.15) is 0 Å². The molecule has 0 saturated heterocycles. The van der Waals surface area contributed by atoms with Crippen molar-refractivity contribution in [3.63, 3.8) is 0 Å². The Hall–Kier alpha value is -1.61. The Labute approximate surface area is 87.9 Å². The highest BCUT2D eigenvalue weighted by molar-refractivity contribution is 6.06. The Morgan fingerprint density at radius 3 is 2.71 bits per heavy atom. The molecular formula is C10H10ClN3. The predicted octanol–water partition coefficient (Wildman–Crippen LogP) is 1.94. The molecule has 3 nitrogen and oxygen atoms in total. The fraction of sp³-hybridized carbons (Fsp3) is 0. The first-order valence-electron chi connectivity index (χ1n) is 3.97. The Morgan fingerprint density at radius 2 is 2.00 bits per heavy atom. The molecule has 0 unspecified atom stereocenters. The summed E-state index contributed by atoms with van der Waals surface area (Å²) in [6.07, 6.45) is 1.73. The SMILES string of the molecule is Cl.N=C(N)c1cccc2ncccc12. The average molecular weight is 208 g/mol. The summed E-state index contributed by atoms with van der Waals surface area (Å²) in [6, 6.07) is 9.34. The topological polar surface area (TPSA) is 62.8 Å². The van der Waals surface area contributed by atoms with E-state index >= 15 is 0 Å². The third kappa shape index (κ3) is 1.67. The molecule has 1 aromatic carbocycles. The predicted molar refractivity (Wildman–Crippen MR) is 60.0 cm³/mol. The summed E-state index contributed by atoms with van der Waals surface area (Å²) in [6.45, 7) is 0. The summed E-state index contributed by atoms with van der Waals surface area (Å²) < 4.78 is 0. The van der Waals surface area contributed by atoms with Gasteiger partial charge in [0.25, 0.3) is 0 Å². The first-order chi connectivity index (χ1) is 6.29. The molecule has 3 N–H and O–H groups in total. The third-order valence-corrected chi connectivity index (χ3v) is 1.94. The second-order valence-electron chi connectivity index (χ2n) is 2.79. The van der Waals surface area contributed by atoms with Crippen LogP contribution in [0.4, 0.5) is 0 Å². The maximum atomic E-state index is 7.37. The van der Waals surface area contributed by atoms with E-state index in [4.69, 9.17) is 11.1 Å². The highest BCUT2D eigenvalue weighted by Gasteiger charge is 2.01. The molecule has 0 fully saturated rings. The van der Waals surface area contributed by atoms with Crippen molar-refractivity contribution >= 4 is 29.1 Å². The molecule has 0 bridgehead atoms. The first-order valence-corrected chi connectivity index (χ1v) is 3.97. The van der Waals surface area contributed by atoms with Crippen LogP contribution in [0.15, 0.2) is 36.5 Å². The molecule has 0 spiro atoms. The van der Waals surface area contributed by atoms with Gasteiger partial charge < -0.3 is 5.73 Å². The standard InChI is InChI=1S/C10H9N3.ClH/c11-10(12)8-3-1-5-9-7(8)4-2-6-13-9;/h1-6H,(H3,11,12);1H. The van der Waals surface area contributed by atoms with Crippen molar-refractivity contribution in [3.05, 3.63) is 42.1 Å². The van der Waals surface area contributed by atoms with Crippen molar-refractivity contribution in [1.29, 1.82) is 5.41 Å². The summed E-state index contributed by atoms with van der Waals surface area (Å²) in [7, 11) is 0. The second kappa shape index (κ2) is 4.07. The van der Waals surface area contributed by atoms with Gasteiger partial charge in [-0.3, -0.25) is 10.4 Å². The van der Waals surface area contributed by atoms with Crippen molar-refractivity contribution in [1.82, 2.24) is 4.98 Å². The molecule has 0 atom stereocenters. The zero-order chi connectivity index (χ0) is 9.26. The van der Waals surface area contributed by atoms with Crippen LogP contribution in [0, 0.1) is 5.41 Å². The molecule has 0 aliphatic heterocycles. The van der Waals surface area contributed by atoms with Gasteiger partial charge >= 0.3 is 0 Å². The molecule has 2 rings (SSSR count). The molecule has 2 aromatic rings. The van der Waals surface area contributed by atoms with Gasteiger partial charge in [0, 0.05) is 17.1 Å². The van der Waals surface area contributed by atoms with Gasteiger partial charge in [-0.05, 0) is 12.1 Å².